The minimum absolute atomic E-state index is 0.0785. The van der Waals surface area contributed by atoms with Gasteiger partial charge < -0.3 is 45.0 Å². The number of phosphoric acid groups is 1. The maximum absolute atomic E-state index is 12.8. The van der Waals surface area contributed by atoms with E-state index >= 15 is 0 Å². The first kappa shape index (κ1) is 55.3. The van der Waals surface area contributed by atoms with Gasteiger partial charge >= 0.3 is 13.8 Å². The van der Waals surface area contributed by atoms with Crippen molar-refractivity contribution >= 4 is 13.8 Å². The molecular weight excluding hydrogens is 779 g/mol. The topological polar surface area (TPSA) is 213 Å². The molecule has 0 saturated heterocycles. The first-order valence-electron chi connectivity index (χ1n) is 22.6. The van der Waals surface area contributed by atoms with E-state index in [1.807, 2.05) is 36.5 Å². The van der Waals surface area contributed by atoms with E-state index in [0.29, 0.717) is 32.3 Å². The number of phosphoric ester groups is 1. The average Bonchev–Trinajstić information content (AvgIpc) is 3.21. The molecule has 0 amide bonds. The Morgan fingerprint density at radius 1 is 0.627 bits per heavy atom. The maximum atomic E-state index is 12.8. The molecular formula is C45H81O13P. The predicted octanol–water partition coefficient (Wildman–Crippen LogP) is 7.83. The van der Waals surface area contributed by atoms with Crippen LogP contribution in [0, 0.1) is 0 Å². The number of esters is 1. The number of allylic oxidation sites excluding steroid dienone is 6. The third-order valence-corrected chi connectivity index (χ3v) is 11.3. The summed E-state index contributed by atoms with van der Waals surface area (Å²) < 4.78 is 34.0. The standard InChI is InChI=1S/C45H81O13P/c1-3-5-7-9-11-12-13-14-15-16-19-22-26-30-34-55-35-38(36-56-59(53,54)58-45-43(51)41(49)40(48)42(50)44(45)52)57-39(47)33-29-25-21-18-17-20-24-28-32-37(46)31-27-23-10-8-6-4-2/h18,20-21,23-24,27-28,32,37-38,40-46,48-52H,3-17,19,22,25-26,29-31,33-36H2,1-2H3,(H,53,54). The van der Waals surface area contributed by atoms with Gasteiger partial charge in [-0.15, -0.1) is 0 Å². The van der Waals surface area contributed by atoms with Crippen LogP contribution in [0.25, 0.3) is 0 Å². The Labute approximate surface area is 355 Å². The zero-order valence-corrected chi connectivity index (χ0v) is 37.0. The molecule has 7 atom stereocenters. The van der Waals surface area contributed by atoms with Crippen LogP contribution < -0.4 is 0 Å². The molecule has 7 N–H and O–H groups in total. The summed E-state index contributed by atoms with van der Waals surface area (Å²) in [4.78, 5) is 23.1. The van der Waals surface area contributed by atoms with Gasteiger partial charge in [-0.3, -0.25) is 13.8 Å². The number of unbranched alkanes of at least 4 members (excludes halogenated alkanes) is 17. The summed E-state index contributed by atoms with van der Waals surface area (Å²) in [7, 11) is -5.05. The van der Waals surface area contributed by atoms with Gasteiger partial charge in [0, 0.05) is 13.0 Å². The lowest BCUT2D eigenvalue weighted by atomic mass is 9.85. The summed E-state index contributed by atoms with van der Waals surface area (Å²) in [6.45, 7) is 4.08. The second-order valence-corrected chi connectivity index (χ2v) is 17.2. The Bertz CT molecular complexity index is 1180. The van der Waals surface area contributed by atoms with E-state index in [1.54, 1.807) is 6.08 Å². The minimum atomic E-state index is -5.05. The number of rotatable bonds is 37. The van der Waals surface area contributed by atoms with Gasteiger partial charge in [0.2, 0.25) is 0 Å². The smallest absolute Gasteiger partial charge is 0.457 e. The van der Waals surface area contributed by atoms with E-state index in [1.165, 1.54) is 89.9 Å². The molecule has 7 unspecified atom stereocenters. The van der Waals surface area contributed by atoms with Crippen LogP contribution in [0.2, 0.25) is 0 Å². The molecule has 0 radical (unpaired) electrons. The van der Waals surface area contributed by atoms with Gasteiger partial charge in [-0.1, -0.05) is 159 Å². The van der Waals surface area contributed by atoms with Gasteiger partial charge in [0.05, 0.1) is 19.3 Å². The van der Waals surface area contributed by atoms with Crippen molar-refractivity contribution in [2.75, 3.05) is 19.8 Å². The molecule has 0 aliphatic heterocycles. The summed E-state index contributed by atoms with van der Waals surface area (Å²) in [5.74, 6) is -0.557. The van der Waals surface area contributed by atoms with Gasteiger partial charge in [-0.25, -0.2) is 4.57 Å². The molecule has 13 nitrogen and oxygen atoms in total. The van der Waals surface area contributed by atoms with E-state index in [9.17, 15) is 44.9 Å². The van der Waals surface area contributed by atoms with Crippen LogP contribution in [0.15, 0.2) is 48.6 Å². The molecule has 0 aromatic heterocycles. The van der Waals surface area contributed by atoms with E-state index in [4.69, 9.17) is 18.5 Å². The van der Waals surface area contributed by atoms with Gasteiger partial charge in [-0.05, 0) is 44.9 Å². The Hall–Kier alpha value is -1.74. The Kier molecular flexibility index (Phi) is 33.6. The molecule has 1 aliphatic rings. The molecule has 0 bridgehead atoms. The van der Waals surface area contributed by atoms with Crippen LogP contribution in [0.1, 0.15) is 162 Å². The van der Waals surface area contributed by atoms with Gasteiger partial charge in [0.25, 0.3) is 0 Å². The lowest BCUT2D eigenvalue weighted by molar-refractivity contribution is -0.220. The first-order chi connectivity index (χ1) is 28.4. The number of aliphatic hydroxyl groups excluding tert-OH is 6. The second-order valence-electron chi connectivity index (χ2n) is 15.8. The minimum Gasteiger partial charge on any atom is -0.457 e. The Morgan fingerprint density at radius 2 is 1.15 bits per heavy atom. The lowest BCUT2D eigenvalue weighted by Gasteiger charge is -2.41. The Balaban J connectivity index is 2.49. The number of ether oxygens (including phenoxy) is 2. The summed E-state index contributed by atoms with van der Waals surface area (Å²) in [6, 6.07) is 0. The van der Waals surface area contributed by atoms with Crippen molar-refractivity contribution < 1.29 is 63.4 Å². The van der Waals surface area contributed by atoms with Crippen LogP contribution in [0.3, 0.4) is 0 Å². The zero-order valence-electron chi connectivity index (χ0n) is 36.1. The van der Waals surface area contributed by atoms with Crippen molar-refractivity contribution in [1.82, 2.24) is 0 Å². The van der Waals surface area contributed by atoms with Crippen LogP contribution in [0.5, 0.6) is 0 Å². The van der Waals surface area contributed by atoms with E-state index < -0.39 is 69.2 Å². The summed E-state index contributed by atoms with van der Waals surface area (Å²) in [5, 5.41) is 60.2. The quantitative estimate of drug-likeness (QED) is 0.0104. The van der Waals surface area contributed by atoms with Crippen molar-refractivity contribution in [2.45, 2.75) is 210 Å². The van der Waals surface area contributed by atoms with Crippen LogP contribution >= 0.6 is 7.82 Å². The zero-order chi connectivity index (χ0) is 43.6. The summed E-state index contributed by atoms with van der Waals surface area (Å²) in [5.41, 5.74) is 0. The number of hydrogen-bond acceptors (Lipinski definition) is 12. The SMILES string of the molecule is CCCCCC=CCC(O)C=CC=CCC=CCCCC(=O)OC(COCCCCCCCCCCCCCCCC)COP(=O)(O)OC1C(O)C(O)C(O)C(O)C1O. The van der Waals surface area contributed by atoms with E-state index in [0.717, 1.165) is 25.7 Å². The van der Waals surface area contributed by atoms with Gasteiger partial charge in [0.1, 0.15) is 42.7 Å². The van der Waals surface area contributed by atoms with Gasteiger partial charge in [0.15, 0.2) is 0 Å². The average molecular weight is 861 g/mol. The molecule has 59 heavy (non-hydrogen) atoms. The van der Waals surface area contributed by atoms with Crippen molar-refractivity contribution in [3.05, 3.63) is 48.6 Å². The lowest BCUT2D eigenvalue weighted by Crippen LogP contribution is -2.64. The summed E-state index contributed by atoms with van der Waals surface area (Å²) >= 11 is 0. The molecule has 0 spiro atoms. The molecule has 14 heteroatoms. The fourth-order valence-electron chi connectivity index (χ4n) is 6.61. The third kappa shape index (κ3) is 28.5. The number of carbonyl (C=O) groups excluding carboxylic acids is 1. The normalized spacial score (nSPS) is 23.5. The molecule has 0 aromatic carbocycles. The van der Waals surface area contributed by atoms with Crippen molar-refractivity contribution in [2.24, 2.45) is 0 Å². The highest BCUT2D eigenvalue weighted by molar-refractivity contribution is 7.47. The summed E-state index contributed by atoms with van der Waals surface area (Å²) in [6.07, 6.45) is 26.4. The molecule has 0 aromatic rings. The van der Waals surface area contributed by atoms with Crippen molar-refractivity contribution in [1.29, 1.82) is 0 Å². The number of hydrogen-bond donors (Lipinski definition) is 7. The molecule has 0 heterocycles. The monoisotopic (exact) mass is 861 g/mol. The van der Waals surface area contributed by atoms with Crippen LogP contribution in [-0.4, -0.2) is 110 Å². The third-order valence-electron chi connectivity index (χ3n) is 10.3. The van der Waals surface area contributed by atoms with Gasteiger partial charge in [-0.2, -0.15) is 0 Å². The molecule has 1 aliphatic carbocycles. The van der Waals surface area contributed by atoms with Crippen molar-refractivity contribution in [3.63, 3.8) is 0 Å². The number of carbonyl (C=O) groups is 1. The fourth-order valence-corrected chi connectivity index (χ4v) is 7.58. The predicted molar refractivity (Wildman–Crippen MR) is 231 cm³/mol. The Morgan fingerprint density at radius 3 is 1.76 bits per heavy atom. The highest BCUT2D eigenvalue weighted by Gasteiger charge is 2.51. The van der Waals surface area contributed by atoms with Crippen LogP contribution in [0.4, 0.5) is 0 Å². The van der Waals surface area contributed by atoms with E-state index in [-0.39, 0.29) is 13.0 Å². The molecule has 1 saturated carbocycles. The van der Waals surface area contributed by atoms with Crippen LogP contribution in [-0.2, 0) is 27.9 Å². The largest absolute Gasteiger partial charge is 0.472 e. The maximum Gasteiger partial charge on any atom is 0.472 e. The fraction of sp³-hybridized carbons (Fsp3) is 0.800. The molecule has 1 fully saturated rings. The second kappa shape index (κ2) is 35.8. The van der Waals surface area contributed by atoms with E-state index in [2.05, 4.69) is 19.9 Å². The highest BCUT2D eigenvalue weighted by atomic mass is 31.2. The molecule has 344 valence electrons. The molecule has 1 rings (SSSR count). The van der Waals surface area contributed by atoms with Crippen molar-refractivity contribution in [3.8, 4) is 0 Å². The highest BCUT2D eigenvalue weighted by Crippen LogP contribution is 2.47. The number of aliphatic hydroxyl groups is 6. The first-order valence-corrected chi connectivity index (χ1v) is 24.1.